The van der Waals surface area contributed by atoms with Crippen LogP contribution in [0.4, 0.5) is 10.5 Å². The summed E-state index contributed by atoms with van der Waals surface area (Å²) in [6.07, 6.45) is 6.38. The Labute approximate surface area is 127 Å². The highest BCUT2D eigenvalue weighted by Gasteiger charge is 2.17. The van der Waals surface area contributed by atoms with E-state index in [4.69, 9.17) is 5.73 Å². The van der Waals surface area contributed by atoms with Crippen molar-refractivity contribution in [2.75, 3.05) is 11.9 Å². The normalized spacial score (nSPS) is 21.8. The zero-order valence-electron chi connectivity index (χ0n) is 12.9. The molecule has 2 amide bonds. The molecule has 0 unspecified atom stereocenters. The van der Waals surface area contributed by atoms with E-state index in [2.05, 4.69) is 17.6 Å². The first-order valence-electron chi connectivity index (χ1n) is 8.01. The highest BCUT2D eigenvalue weighted by atomic mass is 16.2. The van der Waals surface area contributed by atoms with Crippen LogP contribution in [0.25, 0.3) is 0 Å². The van der Waals surface area contributed by atoms with Crippen LogP contribution in [0.15, 0.2) is 24.3 Å². The van der Waals surface area contributed by atoms with Gasteiger partial charge < -0.3 is 16.4 Å². The van der Waals surface area contributed by atoms with Crippen molar-refractivity contribution in [1.82, 2.24) is 5.32 Å². The number of nitrogens with two attached hydrogens (primary N) is 1. The second-order valence-corrected chi connectivity index (χ2v) is 6.20. The zero-order chi connectivity index (χ0) is 15.1. The number of hydrogen-bond donors (Lipinski definition) is 3. The van der Waals surface area contributed by atoms with Crippen molar-refractivity contribution in [3.63, 3.8) is 0 Å². The van der Waals surface area contributed by atoms with Crippen molar-refractivity contribution in [3.8, 4) is 0 Å². The fourth-order valence-electron chi connectivity index (χ4n) is 2.96. The van der Waals surface area contributed by atoms with Crippen molar-refractivity contribution >= 4 is 11.7 Å². The fraction of sp³-hybridized carbons (Fsp3) is 0.588. The molecule has 1 aromatic carbocycles. The molecule has 0 aliphatic heterocycles. The summed E-state index contributed by atoms with van der Waals surface area (Å²) in [4.78, 5) is 11.9. The molecular formula is C17H27N3O. The second-order valence-electron chi connectivity index (χ2n) is 6.20. The lowest BCUT2D eigenvalue weighted by Crippen LogP contribution is -2.31. The Hall–Kier alpha value is -1.55. The van der Waals surface area contributed by atoms with Crippen molar-refractivity contribution < 1.29 is 4.79 Å². The van der Waals surface area contributed by atoms with Crippen LogP contribution in [0.2, 0.25) is 0 Å². The maximum Gasteiger partial charge on any atom is 0.319 e. The SMILES string of the molecule is CC1CCC(CCNC(=O)Nc2cccc(CN)c2)CC1. The van der Waals surface area contributed by atoms with Crippen molar-refractivity contribution in [2.24, 2.45) is 17.6 Å². The van der Waals surface area contributed by atoms with Crippen LogP contribution in [0.1, 0.15) is 44.6 Å². The molecule has 4 nitrogen and oxygen atoms in total. The summed E-state index contributed by atoms with van der Waals surface area (Å²) in [5, 5.41) is 5.80. The third-order valence-corrected chi connectivity index (χ3v) is 4.39. The van der Waals surface area contributed by atoms with E-state index < -0.39 is 0 Å². The molecule has 1 fully saturated rings. The smallest absolute Gasteiger partial charge is 0.319 e. The van der Waals surface area contributed by atoms with Gasteiger partial charge in [0.2, 0.25) is 0 Å². The molecule has 0 bridgehead atoms. The quantitative estimate of drug-likeness (QED) is 0.777. The first-order valence-corrected chi connectivity index (χ1v) is 8.01. The largest absolute Gasteiger partial charge is 0.338 e. The average Bonchev–Trinajstić information content (AvgIpc) is 2.49. The van der Waals surface area contributed by atoms with E-state index in [0.29, 0.717) is 6.54 Å². The Morgan fingerprint density at radius 2 is 2.05 bits per heavy atom. The third kappa shape index (κ3) is 5.38. The summed E-state index contributed by atoms with van der Waals surface area (Å²) in [7, 11) is 0. The molecule has 21 heavy (non-hydrogen) atoms. The maximum absolute atomic E-state index is 11.9. The molecule has 4 heteroatoms. The van der Waals surface area contributed by atoms with Gasteiger partial charge in [-0.3, -0.25) is 0 Å². The lowest BCUT2D eigenvalue weighted by atomic mass is 9.81. The van der Waals surface area contributed by atoms with Gasteiger partial charge in [-0.15, -0.1) is 0 Å². The number of rotatable bonds is 5. The summed E-state index contributed by atoms with van der Waals surface area (Å²) < 4.78 is 0. The summed E-state index contributed by atoms with van der Waals surface area (Å²) in [5.41, 5.74) is 7.40. The molecule has 1 aromatic rings. The predicted octanol–water partition coefficient (Wildman–Crippen LogP) is 3.48. The van der Waals surface area contributed by atoms with Crippen LogP contribution in [0, 0.1) is 11.8 Å². The van der Waals surface area contributed by atoms with Gasteiger partial charge in [-0.1, -0.05) is 44.7 Å². The van der Waals surface area contributed by atoms with Gasteiger partial charge in [0.1, 0.15) is 0 Å². The van der Waals surface area contributed by atoms with Gasteiger partial charge in [-0.25, -0.2) is 4.79 Å². The van der Waals surface area contributed by atoms with E-state index in [1.807, 2.05) is 24.3 Å². The van der Waals surface area contributed by atoms with Crippen LogP contribution in [0.3, 0.4) is 0 Å². The summed E-state index contributed by atoms with van der Waals surface area (Å²) in [6, 6.07) is 7.51. The Kier molecular flexibility index (Phi) is 6.05. The maximum atomic E-state index is 11.9. The molecule has 1 aliphatic rings. The van der Waals surface area contributed by atoms with Crippen LogP contribution >= 0.6 is 0 Å². The van der Waals surface area contributed by atoms with Crippen molar-refractivity contribution in [3.05, 3.63) is 29.8 Å². The molecule has 0 heterocycles. The number of urea groups is 1. The van der Waals surface area contributed by atoms with E-state index in [9.17, 15) is 4.79 Å². The first kappa shape index (κ1) is 15.8. The fourth-order valence-corrected chi connectivity index (χ4v) is 2.96. The number of carbonyl (C=O) groups is 1. The predicted molar refractivity (Wildman–Crippen MR) is 87.1 cm³/mol. The van der Waals surface area contributed by atoms with Gasteiger partial charge in [-0.05, 0) is 36.0 Å². The highest BCUT2D eigenvalue weighted by Crippen LogP contribution is 2.29. The Bertz CT molecular complexity index is 453. The Morgan fingerprint density at radius 3 is 2.76 bits per heavy atom. The molecule has 0 spiro atoms. The summed E-state index contributed by atoms with van der Waals surface area (Å²) in [5.74, 6) is 1.66. The third-order valence-electron chi connectivity index (χ3n) is 4.39. The highest BCUT2D eigenvalue weighted by molar-refractivity contribution is 5.89. The minimum absolute atomic E-state index is 0.131. The van der Waals surface area contributed by atoms with Crippen molar-refractivity contribution in [2.45, 2.75) is 45.6 Å². The van der Waals surface area contributed by atoms with Gasteiger partial charge in [0.15, 0.2) is 0 Å². The number of anilines is 1. The molecule has 0 aromatic heterocycles. The van der Waals surface area contributed by atoms with Crippen LogP contribution in [-0.2, 0) is 6.54 Å². The van der Waals surface area contributed by atoms with Gasteiger partial charge in [-0.2, -0.15) is 0 Å². The standard InChI is InChI=1S/C17H27N3O/c1-13-5-7-14(8-6-13)9-10-19-17(21)20-16-4-2-3-15(11-16)12-18/h2-4,11,13-14H,5-10,12,18H2,1H3,(H2,19,20,21). The Balaban J connectivity index is 1.67. The van der Waals surface area contributed by atoms with E-state index in [1.54, 1.807) is 0 Å². The van der Waals surface area contributed by atoms with Gasteiger partial charge in [0.25, 0.3) is 0 Å². The van der Waals surface area contributed by atoms with Gasteiger partial charge in [0.05, 0.1) is 0 Å². The molecule has 116 valence electrons. The van der Waals surface area contributed by atoms with E-state index in [1.165, 1.54) is 25.7 Å². The van der Waals surface area contributed by atoms with Crippen LogP contribution in [-0.4, -0.2) is 12.6 Å². The molecule has 4 N–H and O–H groups in total. The molecule has 0 radical (unpaired) electrons. The minimum atomic E-state index is -0.131. The molecule has 0 atom stereocenters. The molecular weight excluding hydrogens is 262 g/mol. The topological polar surface area (TPSA) is 67.2 Å². The molecule has 2 rings (SSSR count). The monoisotopic (exact) mass is 289 g/mol. The van der Waals surface area contributed by atoms with Crippen molar-refractivity contribution in [1.29, 1.82) is 0 Å². The minimum Gasteiger partial charge on any atom is -0.338 e. The number of hydrogen-bond acceptors (Lipinski definition) is 2. The number of benzene rings is 1. The first-order chi connectivity index (χ1) is 10.2. The Morgan fingerprint density at radius 1 is 1.29 bits per heavy atom. The molecule has 1 aliphatic carbocycles. The zero-order valence-corrected chi connectivity index (χ0v) is 12.9. The molecule has 1 saturated carbocycles. The average molecular weight is 289 g/mol. The number of carbonyl (C=O) groups excluding carboxylic acids is 1. The number of amides is 2. The molecule has 0 saturated heterocycles. The lowest BCUT2D eigenvalue weighted by molar-refractivity contribution is 0.247. The lowest BCUT2D eigenvalue weighted by Gasteiger charge is -2.26. The van der Waals surface area contributed by atoms with Crippen LogP contribution < -0.4 is 16.4 Å². The summed E-state index contributed by atoms with van der Waals surface area (Å²) in [6.45, 7) is 3.57. The summed E-state index contributed by atoms with van der Waals surface area (Å²) >= 11 is 0. The second kappa shape index (κ2) is 8.03. The van der Waals surface area contributed by atoms with E-state index >= 15 is 0 Å². The van der Waals surface area contributed by atoms with E-state index in [-0.39, 0.29) is 6.03 Å². The van der Waals surface area contributed by atoms with Gasteiger partial charge in [0, 0.05) is 18.8 Å². The van der Waals surface area contributed by atoms with Gasteiger partial charge >= 0.3 is 6.03 Å². The van der Waals surface area contributed by atoms with E-state index in [0.717, 1.165) is 36.1 Å². The van der Waals surface area contributed by atoms with Crippen LogP contribution in [0.5, 0.6) is 0 Å². The number of nitrogens with one attached hydrogen (secondary N) is 2.